The summed E-state index contributed by atoms with van der Waals surface area (Å²) in [5.41, 5.74) is 3.94. The van der Waals surface area contributed by atoms with Crippen LogP contribution in [-0.4, -0.2) is 25.5 Å². The quantitative estimate of drug-likeness (QED) is 0.393. The van der Waals surface area contributed by atoms with Gasteiger partial charge in [0.05, 0.1) is 12.7 Å². The minimum absolute atomic E-state index is 0.228. The lowest BCUT2D eigenvalue weighted by Gasteiger charge is -2.10. The van der Waals surface area contributed by atoms with Crippen LogP contribution >= 0.6 is 0 Å². The molecule has 154 valence electrons. The Balaban J connectivity index is 1.54. The number of ketones is 1. The Labute approximate surface area is 176 Å². The lowest BCUT2D eigenvalue weighted by Crippen LogP contribution is -2.14. The van der Waals surface area contributed by atoms with Gasteiger partial charge in [0.1, 0.15) is 6.61 Å². The number of rotatable bonds is 8. The van der Waals surface area contributed by atoms with Crippen molar-refractivity contribution in [1.82, 2.24) is 0 Å². The number of benzene rings is 3. The fraction of sp³-hybridized carbons (Fsp3) is 0.200. The van der Waals surface area contributed by atoms with E-state index < -0.39 is 5.97 Å². The Hall–Kier alpha value is -3.60. The molecule has 0 aromatic heterocycles. The van der Waals surface area contributed by atoms with E-state index >= 15 is 0 Å². The molecule has 3 rings (SSSR count). The van der Waals surface area contributed by atoms with Crippen molar-refractivity contribution in [2.75, 3.05) is 13.7 Å². The van der Waals surface area contributed by atoms with Crippen LogP contribution < -0.4 is 9.47 Å². The Morgan fingerprint density at radius 1 is 0.800 bits per heavy atom. The summed E-state index contributed by atoms with van der Waals surface area (Å²) in [6.07, 6.45) is 0. The van der Waals surface area contributed by atoms with Gasteiger partial charge in [0.2, 0.25) is 0 Å². The number of methoxy groups -OCH3 is 1. The van der Waals surface area contributed by atoms with E-state index in [2.05, 4.69) is 0 Å². The van der Waals surface area contributed by atoms with Gasteiger partial charge in [0, 0.05) is 5.56 Å². The first-order valence-corrected chi connectivity index (χ1v) is 9.60. The second kappa shape index (κ2) is 9.74. The maximum atomic E-state index is 12.3. The standard InChI is InChI=1S/C25H24O5/c1-17-8-11-21(14-18(17)2)22(26)16-30-25(27)20-12-9-19(10-13-20)15-29-24-7-5-4-6-23(24)28-3/h4-14H,15-16H2,1-3H3. The monoisotopic (exact) mass is 404 g/mol. The van der Waals surface area contributed by atoms with Gasteiger partial charge in [-0.25, -0.2) is 4.79 Å². The van der Waals surface area contributed by atoms with E-state index in [1.165, 1.54) is 0 Å². The number of ether oxygens (including phenoxy) is 3. The number of carbonyl (C=O) groups excluding carboxylic acids is 2. The summed E-state index contributed by atoms with van der Waals surface area (Å²) in [5.74, 6) is 0.539. The number of para-hydroxylation sites is 2. The van der Waals surface area contributed by atoms with Crippen molar-refractivity contribution in [2.24, 2.45) is 0 Å². The van der Waals surface area contributed by atoms with Crippen molar-refractivity contribution in [1.29, 1.82) is 0 Å². The maximum Gasteiger partial charge on any atom is 0.338 e. The van der Waals surface area contributed by atoms with E-state index in [1.807, 2.05) is 50.2 Å². The number of hydrogen-bond donors (Lipinski definition) is 0. The topological polar surface area (TPSA) is 61.8 Å². The summed E-state index contributed by atoms with van der Waals surface area (Å²) in [6, 6.07) is 19.7. The molecular formula is C25H24O5. The van der Waals surface area contributed by atoms with Gasteiger partial charge >= 0.3 is 5.97 Å². The SMILES string of the molecule is COc1ccccc1OCc1ccc(C(=O)OCC(=O)c2ccc(C)c(C)c2)cc1. The van der Waals surface area contributed by atoms with Crippen molar-refractivity contribution in [3.8, 4) is 11.5 Å². The first kappa shape index (κ1) is 21.1. The van der Waals surface area contributed by atoms with E-state index in [4.69, 9.17) is 14.2 Å². The molecule has 0 heterocycles. The molecule has 0 fully saturated rings. The van der Waals surface area contributed by atoms with Crippen molar-refractivity contribution in [3.63, 3.8) is 0 Å². The summed E-state index contributed by atoms with van der Waals surface area (Å²) in [4.78, 5) is 24.5. The minimum atomic E-state index is -0.538. The summed E-state index contributed by atoms with van der Waals surface area (Å²) >= 11 is 0. The molecule has 0 saturated heterocycles. The summed E-state index contributed by atoms with van der Waals surface area (Å²) in [6.45, 7) is 3.97. The van der Waals surface area contributed by atoms with Gasteiger partial charge in [-0.2, -0.15) is 0 Å². The van der Waals surface area contributed by atoms with E-state index in [0.717, 1.165) is 16.7 Å². The van der Waals surface area contributed by atoms with E-state index in [9.17, 15) is 9.59 Å². The van der Waals surface area contributed by atoms with Crippen LogP contribution in [0.4, 0.5) is 0 Å². The number of Topliss-reactive ketones (excluding diaryl/α,β-unsaturated/α-hetero) is 1. The Bertz CT molecular complexity index is 1040. The van der Waals surface area contributed by atoms with Crippen LogP contribution in [0, 0.1) is 13.8 Å². The highest BCUT2D eigenvalue weighted by Gasteiger charge is 2.13. The minimum Gasteiger partial charge on any atom is -0.493 e. The molecule has 5 heteroatoms. The van der Waals surface area contributed by atoms with Crippen molar-refractivity contribution in [2.45, 2.75) is 20.5 Å². The van der Waals surface area contributed by atoms with E-state index in [-0.39, 0.29) is 12.4 Å². The van der Waals surface area contributed by atoms with Crippen LogP contribution in [0.25, 0.3) is 0 Å². The summed E-state index contributed by atoms with van der Waals surface area (Å²) in [7, 11) is 1.59. The van der Waals surface area contributed by atoms with Crippen LogP contribution in [0.2, 0.25) is 0 Å². The molecule has 0 saturated carbocycles. The molecule has 0 aliphatic carbocycles. The first-order valence-electron chi connectivity index (χ1n) is 9.60. The van der Waals surface area contributed by atoms with Gasteiger partial charge in [0.15, 0.2) is 23.9 Å². The van der Waals surface area contributed by atoms with Crippen molar-refractivity contribution in [3.05, 3.63) is 94.5 Å². The molecule has 5 nitrogen and oxygen atoms in total. The highest BCUT2D eigenvalue weighted by Crippen LogP contribution is 2.26. The molecule has 0 bridgehead atoms. The Morgan fingerprint density at radius 2 is 1.47 bits per heavy atom. The fourth-order valence-corrected chi connectivity index (χ4v) is 2.85. The predicted molar refractivity (Wildman–Crippen MR) is 114 cm³/mol. The normalized spacial score (nSPS) is 10.4. The molecular weight excluding hydrogens is 380 g/mol. The molecule has 3 aromatic carbocycles. The molecule has 30 heavy (non-hydrogen) atoms. The molecule has 0 unspecified atom stereocenters. The lowest BCUT2D eigenvalue weighted by molar-refractivity contribution is 0.0474. The number of aryl methyl sites for hydroxylation is 2. The third-order valence-electron chi connectivity index (χ3n) is 4.82. The zero-order valence-electron chi connectivity index (χ0n) is 17.3. The lowest BCUT2D eigenvalue weighted by atomic mass is 10.0. The highest BCUT2D eigenvalue weighted by atomic mass is 16.5. The highest BCUT2D eigenvalue weighted by molar-refractivity contribution is 5.99. The molecule has 0 radical (unpaired) electrons. The Kier molecular flexibility index (Phi) is 6.86. The van der Waals surface area contributed by atoms with Gasteiger partial charge in [0.25, 0.3) is 0 Å². The van der Waals surface area contributed by atoms with Gasteiger partial charge < -0.3 is 14.2 Å². The van der Waals surface area contributed by atoms with Gasteiger partial charge in [-0.15, -0.1) is 0 Å². The molecule has 0 N–H and O–H groups in total. The van der Waals surface area contributed by atoms with Gasteiger partial charge in [-0.3, -0.25) is 4.79 Å². The molecule has 3 aromatic rings. The Morgan fingerprint density at radius 3 is 2.13 bits per heavy atom. The second-order valence-corrected chi connectivity index (χ2v) is 6.93. The third kappa shape index (κ3) is 5.26. The number of esters is 1. The van der Waals surface area contributed by atoms with Crippen LogP contribution in [0.1, 0.15) is 37.4 Å². The zero-order chi connectivity index (χ0) is 21.5. The molecule has 0 amide bonds. The maximum absolute atomic E-state index is 12.3. The van der Waals surface area contributed by atoms with E-state index in [1.54, 1.807) is 37.4 Å². The van der Waals surface area contributed by atoms with Crippen molar-refractivity contribution >= 4 is 11.8 Å². The first-order chi connectivity index (χ1) is 14.5. The van der Waals surface area contributed by atoms with Crippen molar-refractivity contribution < 1.29 is 23.8 Å². The molecule has 0 aliphatic rings. The number of carbonyl (C=O) groups is 2. The molecule has 0 aliphatic heterocycles. The van der Waals surface area contributed by atoms with Crippen LogP contribution in [-0.2, 0) is 11.3 Å². The van der Waals surface area contributed by atoms with Crippen LogP contribution in [0.15, 0.2) is 66.7 Å². The average Bonchev–Trinajstić information content (AvgIpc) is 2.78. The number of hydrogen-bond acceptors (Lipinski definition) is 5. The van der Waals surface area contributed by atoms with Crippen LogP contribution in [0.5, 0.6) is 11.5 Å². The van der Waals surface area contributed by atoms with E-state index in [0.29, 0.717) is 29.2 Å². The van der Waals surface area contributed by atoms with Gasteiger partial charge in [-0.1, -0.05) is 36.4 Å². The second-order valence-electron chi connectivity index (χ2n) is 6.93. The van der Waals surface area contributed by atoms with Crippen LogP contribution in [0.3, 0.4) is 0 Å². The average molecular weight is 404 g/mol. The van der Waals surface area contributed by atoms with Gasteiger partial charge in [-0.05, 0) is 60.9 Å². The zero-order valence-corrected chi connectivity index (χ0v) is 17.3. The smallest absolute Gasteiger partial charge is 0.338 e. The fourth-order valence-electron chi connectivity index (χ4n) is 2.85. The molecule has 0 atom stereocenters. The third-order valence-corrected chi connectivity index (χ3v) is 4.82. The largest absolute Gasteiger partial charge is 0.493 e. The predicted octanol–water partition coefficient (Wildman–Crippen LogP) is 4.93. The molecule has 0 spiro atoms. The summed E-state index contributed by atoms with van der Waals surface area (Å²) in [5, 5.41) is 0. The summed E-state index contributed by atoms with van der Waals surface area (Å²) < 4.78 is 16.2.